The summed E-state index contributed by atoms with van der Waals surface area (Å²) in [7, 11) is 0. The summed E-state index contributed by atoms with van der Waals surface area (Å²) in [5.74, 6) is 0.664. The van der Waals surface area contributed by atoms with E-state index in [-0.39, 0.29) is 18.4 Å². The average Bonchev–Trinajstić information content (AvgIpc) is 3.32. The number of ether oxygens (including phenoxy) is 1. The predicted octanol–water partition coefficient (Wildman–Crippen LogP) is 5.35. The van der Waals surface area contributed by atoms with Crippen molar-refractivity contribution < 1.29 is 14.3 Å². The van der Waals surface area contributed by atoms with Gasteiger partial charge in [-0.2, -0.15) is 0 Å². The number of hydrogen-bond donors (Lipinski definition) is 2. The van der Waals surface area contributed by atoms with Gasteiger partial charge in [-0.3, -0.25) is 4.79 Å². The summed E-state index contributed by atoms with van der Waals surface area (Å²) in [6.07, 6.45) is 2.76. The summed E-state index contributed by atoms with van der Waals surface area (Å²) in [6, 6.07) is 23.2. The number of nitrogens with one attached hydrogen (secondary N) is 2. The number of carbonyl (C=O) groups excluding carboxylic acids is 2. The minimum atomic E-state index is -0.686. The molecule has 1 atom stereocenters. The lowest BCUT2D eigenvalue weighted by Crippen LogP contribution is -2.46. The van der Waals surface area contributed by atoms with Crippen LogP contribution in [0.25, 0.3) is 22.5 Å². The topological polar surface area (TPSA) is 119 Å². The highest BCUT2D eigenvalue weighted by Crippen LogP contribution is 2.44. The molecule has 41 heavy (non-hydrogen) atoms. The highest BCUT2D eigenvalue weighted by atomic mass is 16.5. The number of aromatic nitrogens is 4. The van der Waals surface area contributed by atoms with Crippen molar-refractivity contribution >= 4 is 12.0 Å². The van der Waals surface area contributed by atoms with Crippen LogP contribution in [-0.2, 0) is 16.1 Å². The molecule has 0 aliphatic heterocycles. The minimum absolute atomic E-state index is 0.0413. The first-order valence-corrected chi connectivity index (χ1v) is 14.1. The van der Waals surface area contributed by atoms with Crippen LogP contribution in [0, 0.1) is 6.92 Å². The Morgan fingerprint density at radius 3 is 2.12 bits per heavy atom. The molecule has 0 radical (unpaired) electrons. The van der Waals surface area contributed by atoms with Gasteiger partial charge in [0.2, 0.25) is 11.7 Å². The van der Waals surface area contributed by atoms with Crippen molar-refractivity contribution in [3.63, 3.8) is 0 Å². The Morgan fingerprint density at radius 1 is 0.854 bits per heavy atom. The first-order chi connectivity index (χ1) is 20.0. The van der Waals surface area contributed by atoms with E-state index >= 15 is 0 Å². The van der Waals surface area contributed by atoms with Gasteiger partial charge in [-0.15, -0.1) is 20.4 Å². The van der Waals surface area contributed by atoms with Crippen LogP contribution in [0.2, 0.25) is 0 Å². The van der Waals surface area contributed by atoms with Gasteiger partial charge in [0.25, 0.3) is 0 Å². The van der Waals surface area contributed by atoms with Crippen LogP contribution >= 0.6 is 0 Å². The maximum absolute atomic E-state index is 13.1. The quantitative estimate of drug-likeness (QED) is 0.242. The highest BCUT2D eigenvalue weighted by molar-refractivity contribution is 5.85. The molecule has 1 aromatic heterocycles. The molecule has 0 fully saturated rings. The summed E-state index contributed by atoms with van der Waals surface area (Å²) < 4.78 is 5.70. The van der Waals surface area contributed by atoms with E-state index < -0.39 is 12.1 Å². The highest BCUT2D eigenvalue weighted by Gasteiger charge is 2.29. The molecule has 1 unspecified atom stereocenters. The third kappa shape index (κ3) is 6.74. The number of nitrogens with zero attached hydrogens (tertiary/aromatic N) is 4. The smallest absolute Gasteiger partial charge is 0.407 e. The van der Waals surface area contributed by atoms with E-state index in [0.29, 0.717) is 24.6 Å². The molecule has 2 amide bonds. The van der Waals surface area contributed by atoms with Gasteiger partial charge in [0, 0.05) is 18.0 Å². The zero-order chi connectivity index (χ0) is 28.6. The Bertz CT molecular complexity index is 1440. The summed E-state index contributed by atoms with van der Waals surface area (Å²) in [5, 5.41) is 21.8. The monoisotopic (exact) mass is 550 g/mol. The fourth-order valence-electron chi connectivity index (χ4n) is 5.13. The molecule has 0 bridgehead atoms. The summed E-state index contributed by atoms with van der Waals surface area (Å²) >= 11 is 0. The van der Waals surface area contributed by atoms with Gasteiger partial charge in [-0.05, 0) is 41.2 Å². The van der Waals surface area contributed by atoms with Gasteiger partial charge in [0.15, 0.2) is 5.82 Å². The van der Waals surface area contributed by atoms with Crippen LogP contribution in [0.4, 0.5) is 4.79 Å². The standard InChI is InChI=1S/C32H34N6O3/c1-3-4-5-14-29(31(39)33-19-22-15-17-23(18-16-22)30-37-35-21(2)36-38-30)34-32(40)41-20-28-26-12-8-6-10-24(26)25-11-7-9-13-27(25)28/h6-13,15-18,28-29H,3-5,14,19-20H2,1-2H3,(H,33,39)(H,34,40). The predicted molar refractivity (Wildman–Crippen MR) is 156 cm³/mol. The van der Waals surface area contributed by atoms with Crippen LogP contribution < -0.4 is 10.6 Å². The SMILES string of the molecule is CCCCCC(NC(=O)OCC1c2ccccc2-c2ccccc21)C(=O)NCc1ccc(-c2nnc(C)nn2)cc1. The van der Waals surface area contributed by atoms with Crippen LogP contribution in [-0.4, -0.2) is 45.0 Å². The molecule has 0 saturated carbocycles. The molecule has 4 aromatic rings. The molecule has 1 aliphatic carbocycles. The maximum atomic E-state index is 13.1. The van der Waals surface area contributed by atoms with Gasteiger partial charge in [0.05, 0.1) is 0 Å². The molecule has 0 spiro atoms. The van der Waals surface area contributed by atoms with Crippen molar-refractivity contribution in [3.8, 4) is 22.5 Å². The maximum Gasteiger partial charge on any atom is 0.407 e. The third-order valence-corrected chi connectivity index (χ3v) is 7.31. The third-order valence-electron chi connectivity index (χ3n) is 7.31. The molecule has 5 rings (SSSR count). The van der Waals surface area contributed by atoms with Crippen molar-refractivity contribution in [2.45, 2.75) is 58.0 Å². The minimum Gasteiger partial charge on any atom is -0.449 e. The second-order valence-corrected chi connectivity index (χ2v) is 10.2. The van der Waals surface area contributed by atoms with Gasteiger partial charge in [-0.25, -0.2) is 4.79 Å². The van der Waals surface area contributed by atoms with Crippen molar-refractivity contribution in [1.82, 2.24) is 31.0 Å². The normalized spacial score (nSPS) is 12.7. The first kappa shape index (κ1) is 27.9. The second kappa shape index (κ2) is 13.1. The Morgan fingerprint density at radius 2 is 1.49 bits per heavy atom. The molecule has 1 aliphatic rings. The zero-order valence-corrected chi connectivity index (χ0v) is 23.3. The molecular formula is C32H34N6O3. The second-order valence-electron chi connectivity index (χ2n) is 10.2. The lowest BCUT2D eigenvalue weighted by atomic mass is 9.98. The number of aryl methyl sites for hydroxylation is 1. The molecule has 1 heterocycles. The van der Waals surface area contributed by atoms with E-state index in [9.17, 15) is 9.59 Å². The van der Waals surface area contributed by atoms with Crippen molar-refractivity contribution in [1.29, 1.82) is 0 Å². The first-order valence-electron chi connectivity index (χ1n) is 14.1. The number of rotatable bonds is 11. The largest absolute Gasteiger partial charge is 0.449 e. The number of fused-ring (bicyclic) bond motifs is 3. The fraction of sp³-hybridized carbons (Fsp3) is 0.312. The zero-order valence-electron chi connectivity index (χ0n) is 23.3. The van der Waals surface area contributed by atoms with E-state index in [1.807, 2.05) is 48.5 Å². The van der Waals surface area contributed by atoms with E-state index in [1.54, 1.807) is 6.92 Å². The van der Waals surface area contributed by atoms with Crippen molar-refractivity contribution in [2.75, 3.05) is 6.61 Å². The van der Waals surface area contributed by atoms with Gasteiger partial charge >= 0.3 is 6.09 Å². The number of carbonyl (C=O) groups is 2. The van der Waals surface area contributed by atoms with Crippen molar-refractivity contribution in [2.24, 2.45) is 0 Å². The summed E-state index contributed by atoms with van der Waals surface area (Å²) in [5.41, 5.74) is 6.32. The van der Waals surface area contributed by atoms with E-state index in [2.05, 4.69) is 62.2 Å². The van der Waals surface area contributed by atoms with Crippen molar-refractivity contribution in [3.05, 3.63) is 95.3 Å². The number of hydrogen-bond acceptors (Lipinski definition) is 7. The number of alkyl carbamates (subject to hydrolysis) is 1. The molecule has 210 valence electrons. The van der Waals surface area contributed by atoms with Crippen LogP contribution in [0.5, 0.6) is 0 Å². The van der Waals surface area contributed by atoms with Crippen LogP contribution in [0.3, 0.4) is 0 Å². The lowest BCUT2D eigenvalue weighted by molar-refractivity contribution is -0.123. The number of benzene rings is 3. The Balaban J connectivity index is 1.18. The van der Waals surface area contributed by atoms with E-state index in [0.717, 1.165) is 41.5 Å². The molecule has 9 nitrogen and oxygen atoms in total. The van der Waals surface area contributed by atoms with Gasteiger partial charge < -0.3 is 15.4 Å². The van der Waals surface area contributed by atoms with Gasteiger partial charge in [0.1, 0.15) is 12.6 Å². The Labute approximate surface area is 239 Å². The molecule has 2 N–H and O–H groups in total. The van der Waals surface area contributed by atoms with Crippen LogP contribution in [0.15, 0.2) is 72.8 Å². The lowest BCUT2D eigenvalue weighted by Gasteiger charge is -2.20. The number of amides is 2. The fourth-order valence-corrected chi connectivity index (χ4v) is 5.13. The summed E-state index contributed by atoms with van der Waals surface area (Å²) in [6.45, 7) is 4.35. The Kier molecular flexibility index (Phi) is 8.93. The van der Waals surface area contributed by atoms with E-state index in [1.165, 1.54) is 11.1 Å². The number of unbranched alkanes of at least 4 members (excludes halogenated alkanes) is 2. The van der Waals surface area contributed by atoms with Gasteiger partial charge in [-0.1, -0.05) is 99.0 Å². The average molecular weight is 551 g/mol. The van der Waals surface area contributed by atoms with Crippen LogP contribution in [0.1, 0.15) is 61.0 Å². The molecule has 3 aromatic carbocycles. The summed E-state index contributed by atoms with van der Waals surface area (Å²) in [4.78, 5) is 26.0. The Hall–Kier alpha value is -4.66. The molecular weight excluding hydrogens is 516 g/mol. The molecule has 0 saturated heterocycles. The van der Waals surface area contributed by atoms with E-state index in [4.69, 9.17) is 4.74 Å². The molecule has 9 heteroatoms.